The van der Waals surface area contributed by atoms with Crippen LogP contribution in [0, 0.1) is 25.3 Å². The van der Waals surface area contributed by atoms with Crippen molar-refractivity contribution in [3.05, 3.63) is 13.5 Å². The van der Waals surface area contributed by atoms with Gasteiger partial charge in [-0.15, -0.1) is 0 Å². The first-order valence-electron chi connectivity index (χ1n) is 8.35. The van der Waals surface area contributed by atoms with Gasteiger partial charge in [-0.3, -0.25) is 19.2 Å². The van der Waals surface area contributed by atoms with Crippen molar-refractivity contribution in [1.29, 1.82) is 0 Å². The lowest BCUT2D eigenvalue weighted by Gasteiger charge is -2.23. The molecule has 0 saturated heterocycles. The van der Waals surface area contributed by atoms with Gasteiger partial charge in [0.05, 0.1) is 19.9 Å². The van der Waals surface area contributed by atoms with Gasteiger partial charge in [-0.05, 0) is 18.3 Å². The Bertz CT molecular complexity index is 479. The highest BCUT2D eigenvalue weighted by Gasteiger charge is 2.28. The zero-order chi connectivity index (χ0) is 19.6. The molecule has 0 spiro atoms. The number of hydrogen-bond acceptors (Lipinski definition) is 4. The lowest BCUT2D eigenvalue weighted by atomic mass is 10.0. The summed E-state index contributed by atoms with van der Waals surface area (Å²) < 4.78 is 0. The summed E-state index contributed by atoms with van der Waals surface area (Å²) in [5, 5.41) is 6.96. The van der Waals surface area contributed by atoms with Crippen LogP contribution in [0.3, 0.4) is 0 Å². The fourth-order valence-corrected chi connectivity index (χ4v) is 2.08. The van der Waals surface area contributed by atoms with Gasteiger partial charge < -0.3 is 21.7 Å². The molecule has 0 aliphatic heterocycles. The number of carbonyl (C=O) groups is 4. The molecule has 0 aromatic rings. The van der Waals surface area contributed by atoms with Gasteiger partial charge in [-0.25, -0.2) is 0 Å². The Morgan fingerprint density at radius 1 is 1.04 bits per heavy atom. The third-order valence-electron chi connectivity index (χ3n) is 3.60. The van der Waals surface area contributed by atoms with E-state index in [0.717, 1.165) is 6.42 Å². The number of amides is 4. The van der Waals surface area contributed by atoms with Crippen LogP contribution < -0.4 is 21.7 Å². The largest absolute Gasteiger partial charge is 0.370 e. The van der Waals surface area contributed by atoms with Crippen LogP contribution in [0.15, 0.2) is 0 Å². The van der Waals surface area contributed by atoms with Crippen LogP contribution in [0.1, 0.15) is 47.0 Å². The lowest BCUT2D eigenvalue weighted by molar-refractivity contribution is -0.133. The highest BCUT2D eigenvalue weighted by molar-refractivity contribution is 5.96. The smallest absolute Gasteiger partial charge is 0.243 e. The maximum absolute atomic E-state index is 12.4. The average Bonchev–Trinajstić information content (AvgIpc) is 2.51. The van der Waals surface area contributed by atoms with Gasteiger partial charge in [0.2, 0.25) is 23.6 Å². The second-order valence-corrected chi connectivity index (χ2v) is 6.48. The third kappa shape index (κ3) is 9.69. The van der Waals surface area contributed by atoms with E-state index in [4.69, 9.17) is 12.8 Å². The summed E-state index contributed by atoms with van der Waals surface area (Å²) in [6, 6.07) is -2.03. The molecule has 0 heterocycles. The minimum absolute atomic E-state index is 0.0222. The van der Waals surface area contributed by atoms with Gasteiger partial charge in [0.25, 0.3) is 0 Å². The van der Waals surface area contributed by atoms with Crippen molar-refractivity contribution in [3.8, 4) is 0 Å². The van der Waals surface area contributed by atoms with Crippen LogP contribution in [0.2, 0.25) is 0 Å². The zero-order valence-electron chi connectivity index (χ0n) is 15.3. The molecule has 0 aromatic heterocycles. The quantitative estimate of drug-likeness (QED) is 0.387. The van der Waals surface area contributed by atoms with E-state index in [1.54, 1.807) is 0 Å². The van der Waals surface area contributed by atoms with Crippen molar-refractivity contribution in [1.82, 2.24) is 16.0 Å². The minimum Gasteiger partial charge on any atom is -0.370 e. The molecule has 0 aromatic carbocycles. The van der Waals surface area contributed by atoms with E-state index in [0.29, 0.717) is 6.42 Å². The van der Waals surface area contributed by atoms with Gasteiger partial charge in [-0.1, -0.05) is 34.1 Å². The third-order valence-corrected chi connectivity index (χ3v) is 3.60. The van der Waals surface area contributed by atoms with Crippen LogP contribution in [-0.2, 0) is 19.2 Å². The van der Waals surface area contributed by atoms with Crippen LogP contribution in [-0.4, -0.2) is 35.7 Å². The van der Waals surface area contributed by atoms with Gasteiger partial charge in [0, 0.05) is 0 Å². The Morgan fingerprint density at radius 2 is 1.64 bits per heavy atom. The highest BCUT2D eigenvalue weighted by atomic mass is 16.2. The zero-order valence-corrected chi connectivity index (χ0v) is 15.3. The summed E-state index contributed by atoms with van der Waals surface area (Å²) in [5.41, 5.74) is 5.15. The number of nitrogens with two attached hydrogens (primary N) is 1. The molecule has 0 aliphatic carbocycles. The molecule has 141 valence electrons. The van der Waals surface area contributed by atoms with Crippen molar-refractivity contribution < 1.29 is 19.2 Å². The second kappa shape index (κ2) is 11.4. The molecule has 25 heavy (non-hydrogen) atoms. The predicted octanol–water partition coefficient (Wildman–Crippen LogP) is -0.0873. The van der Waals surface area contributed by atoms with Crippen molar-refractivity contribution in [2.24, 2.45) is 17.6 Å². The van der Waals surface area contributed by atoms with Gasteiger partial charge in [0.15, 0.2) is 0 Å². The average molecular weight is 353 g/mol. The highest BCUT2D eigenvalue weighted by Crippen LogP contribution is 2.07. The molecule has 0 saturated carbocycles. The Balaban J connectivity index is 5.04. The van der Waals surface area contributed by atoms with Gasteiger partial charge in [0.1, 0.15) is 12.1 Å². The van der Waals surface area contributed by atoms with Gasteiger partial charge >= 0.3 is 0 Å². The topological polar surface area (TPSA) is 130 Å². The molecule has 8 heteroatoms. The van der Waals surface area contributed by atoms with Crippen molar-refractivity contribution in [3.63, 3.8) is 0 Å². The van der Waals surface area contributed by atoms with E-state index in [1.165, 1.54) is 6.42 Å². The number of nitrogens with one attached hydrogen (secondary N) is 3. The van der Waals surface area contributed by atoms with E-state index in [1.807, 2.05) is 33.0 Å². The van der Waals surface area contributed by atoms with Crippen molar-refractivity contribution in [2.75, 3.05) is 0 Å². The van der Waals surface area contributed by atoms with Crippen LogP contribution in [0.5, 0.6) is 0 Å². The number of rotatable bonds is 11. The summed E-state index contributed by atoms with van der Waals surface area (Å²) in [6.07, 6.45) is 2.17. The number of primary amides is 1. The Labute approximate surface area is 149 Å². The molecular weight excluding hydrogens is 324 g/mol. The fourth-order valence-electron chi connectivity index (χ4n) is 2.08. The van der Waals surface area contributed by atoms with Crippen LogP contribution in [0.4, 0.5) is 0 Å². The minimum atomic E-state index is -1.16. The van der Waals surface area contributed by atoms with Crippen LogP contribution in [0.25, 0.3) is 0 Å². The molecule has 8 nitrogen and oxygen atoms in total. The molecule has 3 atom stereocenters. The summed E-state index contributed by atoms with van der Waals surface area (Å²) >= 11 is 0. The van der Waals surface area contributed by atoms with E-state index < -0.39 is 35.7 Å². The van der Waals surface area contributed by atoms with Gasteiger partial charge in [-0.2, -0.15) is 0 Å². The number of hydrogen-bond donors (Lipinski definition) is 4. The first kappa shape index (κ1) is 22.9. The number of carbonyl (C=O) groups excluding carboxylic acids is 4. The maximum Gasteiger partial charge on any atom is 0.243 e. The maximum atomic E-state index is 12.4. The molecule has 0 bridgehead atoms. The SMILES string of the molecule is [CH]NC(=O)[C@H](CC(C)C)NC(=O)[C@H](CC(N)=O)NC(=O)[CH][C@@H](C)CC. The Kier molecular flexibility index (Phi) is 10.5. The van der Waals surface area contributed by atoms with E-state index in [-0.39, 0.29) is 18.3 Å². The van der Waals surface area contributed by atoms with E-state index >= 15 is 0 Å². The van der Waals surface area contributed by atoms with Crippen molar-refractivity contribution >= 4 is 23.6 Å². The second-order valence-electron chi connectivity index (χ2n) is 6.48. The molecule has 3 radical (unpaired) electrons. The lowest BCUT2D eigenvalue weighted by Crippen LogP contribution is -2.54. The Morgan fingerprint density at radius 3 is 2.08 bits per heavy atom. The van der Waals surface area contributed by atoms with E-state index in [9.17, 15) is 19.2 Å². The molecular formula is C17H29N4O4. The summed E-state index contributed by atoms with van der Waals surface area (Å²) in [7, 11) is 5.13. The molecule has 5 N–H and O–H groups in total. The molecule has 0 unspecified atom stereocenters. The molecule has 0 fully saturated rings. The first-order valence-corrected chi connectivity index (χ1v) is 8.35. The van der Waals surface area contributed by atoms with Crippen LogP contribution >= 0.6 is 0 Å². The molecule has 0 rings (SSSR count). The summed E-state index contributed by atoms with van der Waals surface area (Å²) in [4.78, 5) is 47.4. The fraction of sp³-hybridized carbons (Fsp3) is 0.647. The monoisotopic (exact) mass is 353 g/mol. The van der Waals surface area contributed by atoms with E-state index in [2.05, 4.69) is 10.6 Å². The molecule has 4 amide bonds. The van der Waals surface area contributed by atoms with Crippen molar-refractivity contribution in [2.45, 2.75) is 59.0 Å². The normalized spacial score (nSPS) is 14.3. The first-order chi connectivity index (χ1) is 11.6. The standard InChI is InChI=1S/C17H29N4O4/c1-6-11(4)8-15(23)20-13(9-14(18)22)17(25)21-12(7-10(2)3)16(24)19-5/h5,8,10-13H,6-7,9H2,1-4H3,(H2,18,22)(H,19,24)(H,20,23)(H,21,25)/t11-,12-,13-/m0/s1. The Hall–Kier alpha value is -2.12. The summed E-state index contributed by atoms with van der Waals surface area (Å²) in [6.45, 7) is 7.54. The predicted molar refractivity (Wildman–Crippen MR) is 93.3 cm³/mol. The summed E-state index contributed by atoms with van der Waals surface area (Å²) in [5.74, 6) is -2.30. The molecule has 0 aliphatic rings.